The number of hydrogen-bond donors (Lipinski definition) is 0. The smallest absolute Gasteiger partial charge is 0.207 e. The SMILES string of the molecule is Cc1cccc(S(=O)(=O)N2CCS[C@H]2c2ccc(Br)cc2)c1. The lowest BCUT2D eigenvalue weighted by molar-refractivity contribution is 0.434. The van der Waals surface area contributed by atoms with Crippen LogP contribution in [-0.2, 0) is 10.0 Å². The quantitative estimate of drug-likeness (QED) is 0.778. The second-order valence-corrected chi connectivity index (χ2v) is 9.20. The van der Waals surface area contributed by atoms with Gasteiger partial charge in [-0.05, 0) is 42.3 Å². The molecule has 116 valence electrons. The summed E-state index contributed by atoms with van der Waals surface area (Å²) in [5.74, 6) is 0.811. The van der Waals surface area contributed by atoms with Gasteiger partial charge in [0.15, 0.2) is 0 Å². The van der Waals surface area contributed by atoms with Gasteiger partial charge < -0.3 is 0 Å². The molecule has 0 N–H and O–H groups in total. The lowest BCUT2D eigenvalue weighted by Gasteiger charge is -2.23. The summed E-state index contributed by atoms with van der Waals surface area (Å²) in [6.45, 7) is 2.45. The number of sulfonamides is 1. The van der Waals surface area contributed by atoms with Gasteiger partial charge in [-0.2, -0.15) is 4.31 Å². The maximum absolute atomic E-state index is 12.9. The van der Waals surface area contributed by atoms with Crippen LogP contribution in [0.25, 0.3) is 0 Å². The van der Waals surface area contributed by atoms with E-state index >= 15 is 0 Å². The maximum Gasteiger partial charge on any atom is 0.244 e. The third-order valence-electron chi connectivity index (χ3n) is 3.60. The molecule has 1 fully saturated rings. The van der Waals surface area contributed by atoms with Crippen LogP contribution in [0.5, 0.6) is 0 Å². The molecule has 0 saturated carbocycles. The van der Waals surface area contributed by atoms with Crippen LogP contribution < -0.4 is 0 Å². The monoisotopic (exact) mass is 397 g/mol. The van der Waals surface area contributed by atoms with Crippen LogP contribution in [0.2, 0.25) is 0 Å². The van der Waals surface area contributed by atoms with Crippen molar-refractivity contribution < 1.29 is 8.42 Å². The van der Waals surface area contributed by atoms with Crippen LogP contribution in [0.1, 0.15) is 16.5 Å². The molecule has 0 aliphatic carbocycles. The molecule has 3 nitrogen and oxygen atoms in total. The Bertz CT molecular complexity index is 775. The molecule has 22 heavy (non-hydrogen) atoms. The van der Waals surface area contributed by atoms with Gasteiger partial charge in [-0.3, -0.25) is 0 Å². The molecule has 0 radical (unpaired) electrons. The first-order valence-electron chi connectivity index (χ1n) is 6.94. The van der Waals surface area contributed by atoms with E-state index in [-0.39, 0.29) is 5.37 Å². The number of benzene rings is 2. The molecule has 1 saturated heterocycles. The third-order valence-corrected chi connectivity index (χ3v) is 7.38. The van der Waals surface area contributed by atoms with E-state index in [0.29, 0.717) is 11.4 Å². The molecular formula is C16H16BrNO2S2. The number of halogens is 1. The zero-order valence-corrected chi connectivity index (χ0v) is 15.3. The summed E-state index contributed by atoms with van der Waals surface area (Å²) in [7, 11) is -3.47. The Labute approximate surface area is 143 Å². The summed E-state index contributed by atoms with van der Waals surface area (Å²) in [6.07, 6.45) is 0. The van der Waals surface area contributed by atoms with Gasteiger partial charge in [0.05, 0.1) is 10.3 Å². The second kappa shape index (κ2) is 6.35. The minimum atomic E-state index is -3.47. The molecule has 1 aliphatic heterocycles. The molecular weight excluding hydrogens is 382 g/mol. The van der Waals surface area contributed by atoms with Gasteiger partial charge in [0.2, 0.25) is 10.0 Å². The van der Waals surface area contributed by atoms with Gasteiger partial charge in [-0.1, -0.05) is 40.2 Å². The highest BCUT2D eigenvalue weighted by atomic mass is 79.9. The summed E-state index contributed by atoms with van der Waals surface area (Å²) in [5, 5.41) is -0.154. The average molecular weight is 398 g/mol. The Kier molecular flexibility index (Phi) is 4.64. The largest absolute Gasteiger partial charge is 0.244 e. The highest BCUT2D eigenvalue weighted by Crippen LogP contribution is 2.41. The summed E-state index contributed by atoms with van der Waals surface area (Å²) in [6, 6.07) is 15.0. The first-order valence-corrected chi connectivity index (χ1v) is 10.2. The first kappa shape index (κ1) is 16.1. The van der Waals surface area contributed by atoms with E-state index in [1.807, 2.05) is 37.3 Å². The number of aryl methyl sites for hydroxylation is 1. The Balaban J connectivity index is 1.97. The normalized spacial score (nSPS) is 19.5. The van der Waals surface area contributed by atoms with Crippen molar-refractivity contribution in [1.29, 1.82) is 0 Å². The number of nitrogens with zero attached hydrogens (tertiary/aromatic N) is 1. The summed E-state index contributed by atoms with van der Waals surface area (Å²) in [4.78, 5) is 0.372. The van der Waals surface area contributed by atoms with E-state index < -0.39 is 10.0 Å². The lowest BCUT2D eigenvalue weighted by Crippen LogP contribution is -2.30. The van der Waals surface area contributed by atoms with Crippen LogP contribution >= 0.6 is 27.7 Å². The van der Waals surface area contributed by atoms with E-state index in [1.165, 1.54) is 0 Å². The van der Waals surface area contributed by atoms with Crippen LogP contribution in [-0.4, -0.2) is 25.0 Å². The van der Waals surface area contributed by atoms with Crippen molar-refractivity contribution in [2.24, 2.45) is 0 Å². The van der Waals surface area contributed by atoms with Gasteiger partial charge in [0, 0.05) is 16.8 Å². The van der Waals surface area contributed by atoms with Crippen molar-refractivity contribution in [2.45, 2.75) is 17.2 Å². The third kappa shape index (κ3) is 3.11. The fourth-order valence-corrected chi connectivity index (χ4v) is 6.11. The molecule has 1 atom stereocenters. The zero-order valence-electron chi connectivity index (χ0n) is 12.1. The Morgan fingerprint density at radius 2 is 1.91 bits per heavy atom. The molecule has 0 aromatic heterocycles. The average Bonchev–Trinajstić information content (AvgIpc) is 2.98. The Morgan fingerprint density at radius 1 is 1.18 bits per heavy atom. The van der Waals surface area contributed by atoms with Gasteiger partial charge in [0.25, 0.3) is 0 Å². The highest BCUT2D eigenvalue weighted by Gasteiger charge is 2.36. The number of thioether (sulfide) groups is 1. The van der Waals surface area contributed by atoms with Crippen molar-refractivity contribution in [3.63, 3.8) is 0 Å². The predicted octanol–water partition coefficient (Wildman–Crippen LogP) is 4.19. The topological polar surface area (TPSA) is 37.4 Å². The molecule has 0 spiro atoms. The van der Waals surface area contributed by atoms with E-state index in [0.717, 1.165) is 21.4 Å². The van der Waals surface area contributed by atoms with E-state index in [9.17, 15) is 8.42 Å². The molecule has 0 unspecified atom stereocenters. The zero-order chi connectivity index (χ0) is 15.7. The minimum Gasteiger partial charge on any atom is -0.207 e. The standard InChI is InChI=1S/C16H16BrNO2S2/c1-12-3-2-4-15(11-12)22(19,20)18-9-10-21-16(18)13-5-7-14(17)8-6-13/h2-8,11,16H,9-10H2,1H3/t16-/m0/s1. The molecule has 0 amide bonds. The minimum absolute atomic E-state index is 0.154. The number of hydrogen-bond acceptors (Lipinski definition) is 3. The van der Waals surface area contributed by atoms with Crippen molar-refractivity contribution in [2.75, 3.05) is 12.3 Å². The number of rotatable bonds is 3. The van der Waals surface area contributed by atoms with Crippen molar-refractivity contribution >= 4 is 37.7 Å². The van der Waals surface area contributed by atoms with Crippen LogP contribution in [0.15, 0.2) is 57.9 Å². The first-order chi connectivity index (χ1) is 10.5. The van der Waals surface area contributed by atoms with Crippen LogP contribution in [0.4, 0.5) is 0 Å². The van der Waals surface area contributed by atoms with Crippen molar-refractivity contribution in [3.05, 3.63) is 64.1 Å². The lowest BCUT2D eigenvalue weighted by atomic mass is 10.2. The molecule has 1 aliphatic rings. The highest BCUT2D eigenvalue weighted by molar-refractivity contribution is 9.10. The maximum atomic E-state index is 12.9. The summed E-state index contributed by atoms with van der Waals surface area (Å²) in [5.41, 5.74) is 1.97. The summed E-state index contributed by atoms with van der Waals surface area (Å²) < 4.78 is 28.5. The van der Waals surface area contributed by atoms with Crippen molar-refractivity contribution in [3.8, 4) is 0 Å². The van der Waals surface area contributed by atoms with Crippen LogP contribution in [0, 0.1) is 6.92 Å². The predicted molar refractivity (Wildman–Crippen MR) is 94.4 cm³/mol. The molecule has 2 aromatic rings. The van der Waals surface area contributed by atoms with Gasteiger partial charge >= 0.3 is 0 Å². The fraction of sp³-hybridized carbons (Fsp3) is 0.250. The van der Waals surface area contributed by atoms with Gasteiger partial charge in [0.1, 0.15) is 0 Å². The van der Waals surface area contributed by atoms with Crippen molar-refractivity contribution in [1.82, 2.24) is 4.31 Å². The molecule has 6 heteroatoms. The molecule has 3 rings (SSSR count). The molecule has 1 heterocycles. The molecule has 2 aromatic carbocycles. The Morgan fingerprint density at radius 3 is 2.59 bits per heavy atom. The van der Waals surface area contributed by atoms with E-state index in [2.05, 4.69) is 15.9 Å². The second-order valence-electron chi connectivity index (χ2n) is 5.21. The summed E-state index contributed by atoms with van der Waals surface area (Å²) >= 11 is 5.08. The fourth-order valence-electron chi connectivity index (χ4n) is 2.50. The Hall–Kier alpha value is -0.820. The van der Waals surface area contributed by atoms with E-state index in [4.69, 9.17) is 0 Å². The van der Waals surface area contributed by atoms with E-state index in [1.54, 1.807) is 34.3 Å². The van der Waals surface area contributed by atoms with Gasteiger partial charge in [-0.15, -0.1) is 11.8 Å². The molecule has 0 bridgehead atoms. The van der Waals surface area contributed by atoms with Gasteiger partial charge in [-0.25, -0.2) is 8.42 Å². The van der Waals surface area contributed by atoms with Crippen LogP contribution in [0.3, 0.4) is 0 Å².